The van der Waals surface area contributed by atoms with Gasteiger partial charge < -0.3 is 5.11 Å². The molecular weight excluding hydrogens is 192 g/mol. The molecule has 2 heterocycles. The molecule has 4 nitrogen and oxygen atoms in total. The van der Waals surface area contributed by atoms with E-state index in [9.17, 15) is 4.79 Å². The van der Waals surface area contributed by atoms with E-state index < -0.39 is 5.97 Å². The van der Waals surface area contributed by atoms with E-state index in [2.05, 4.69) is 5.10 Å². The van der Waals surface area contributed by atoms with Crippen molar-refractivity contribution >= 4 is 11.5 Å². The lowest BCUT2D eigenvalue weighted by atomic mass is 10.1. The molecule has 0 aromatic carbocycles. The summed E-state index contributed by atoms with van der Waals surface area (Å²) in [6.45, 7) is 0. The number of aliphatic carboxylic acids is 1. The normalized spacial score (nSPS) is 10.7. The molecule has 0 aliphatic heterocycles. The lowest BCUT2D eigenvalue weighted by molar-refractivity contribution is -0.137. The summed E-state index contributed by atoms with van der Waals surface area (Å²) in [5.41, 5.74) is 2.17. The first-order chi connectivity index (χ1) is 7.27. The highest BCUT2D eigenvalue weighted by atomic mass is 16.4. The van der Waals surface area contributed by atoms with Gasteiger partial charge in [-0.2, -0.15) is 5.10 Å². The van der Waals surface area contributed by atoms with Crippen LogP contribution in [0.15, 0.2) is 30.6 Å². The third-order valence-electron chi connectivity index (χ3n) is 2.34. The Bertz CT molecular complexity index is 476. The van der Waals surface area contributed by atoms with E-state index in [4.69, 9.17) is 5.11 Å². The van der Waals surface area contributed by atoms with E-state index in [0.717, 1.165) is 17.5 Å². The van der Waals surface area contributed by atoms with Gasteiger partial charge in [0.15, 0.2) is 0 Å². The Morgan fingerprint density at radius 2 is 2.33 bits per heavy atom. The lowest BCUT2D eigenvalue weighted by Gasteiger charge is -1.97. The molecule has 2 aromatic heterocycles. The van der Waals surface area contributed by atoms with Crippen LogP contribution in [0, 0.1) is 0 Å². The maximum Gasteiger partial charge on any atom is 0.303 e. The fraction of sp³-hybridized carbons (Fsp3) is 0.273. The largest absolute Gasteiger partial charge is 0.481 e. The molecule has 0 aliphatic rings. The molecule has 0 spiro atoms. The van der Waals surface area contributed by atoms with Crippen molar-refractivity contribution in [3.05, 3.63) is 36.2 Å². The number of carboxylic acid groups (broad SMARTS) is 1. The van der Waals surface area contributed by atoms with Crippen molar-refractivity contribution in [1.82, 2.24) is 9.61 Å². The van der Waals surface area contributed by atoms with Crippen molar-refractivity contribution in [3.8, 4) is 0 Å². The van der Waals surface area contributed by atoms with Crippen molar-refractivity contribution in [3.63, 3.8) is 0 Å². The Hall–Kier alpha value is -1.84. The number of nitrogens with zero attached hydrogens (tertiary/aromatic N) is 2. The number of aromatic nitrogens is 2. The zero-order valence-electron chi connectivity index (χ0n) is 8.26. The zero-order chi connectivity index (χ0) is 10.7. The van der Waals surface area contributed by atoms with Gasteiger partial charge in [0, 0.05) is 12.6 Å². The third kappa shape index (κ3) is 2.15. The first-order valence-corrected chi connectivity index (χ1v) is 4.90. The second-order valence-corrected chi connectivity index (χ2v) is 3.45. The molecule has 15 heavy (non-hydrogen) atoms. The number of fused-ring (bicyclic) bond motifs is 1. The molecule has 2 rings (SSSR count). The van der Waals surface area contributed by atoms with Gasteiger partial charge in [0.1, 0.15) is 0 Å². The van der Waals surface area contributed by atoms with Gasteiger partial charge >= 0.3 is 5.97 Å². The molecule has 0 aliphatic carbocycles. The number of carbonyl (C=O) groups is 1. The molecule has 0 radical (unpaired) electrons. The van der Waals surface area contributed by atoms with E-state index in [0.29, 0.717) is 6.42 Å². The summed E-state index contributed by atoms with van der Waals surface area (Å²) in [6, 6.07) is 5.86. The van der Waals surface area contributed by atoms with E-state index in [-0.39, 0.29) is 6.42 Å². The topological polar surface area (TPSA) is 54.6 Å². The fourth-order valence-corrected chi connectivity index (χ4v) is 1.61. The summed E-state index contributed by atoms with van der Waals surface area (Å²) in [4.78, 5) is 10.4. The quantitative estimate of drug-likeness (QED) is 0.825. The highest BCUT2D eigenvalue weighted by Crippen LogP contribution is 2.12. The number of aryl methyl sites for hydroxylation is 1. The van der Waals surface area contributed by atoms with Crippen LogP contribution in [0.2, 0.25) is 0 Å². The summed E-state index contributed by atoms with van der Waals surface area (Å²) < 4.78 is 1.80. The monoisotopic (exact) mass is 204 g/mol. The average Bonchev–Trinajstić information content (AvgIpc) is 2.62. The summed E-state index contributed by atoms with van der Waals surface area (Å²) in [5, 5.41) is 12.7. The minimum absolute atomic E-state index is 0.212. The van der Waals surface area contributed by atoms with E-state index >= 15 is 0 Å². The SMILES string of the molecule is O=C(O)CCCc1cnn2ccccc12. The minimum Gasteiger partial charge on any atom is -0.481 e. The maximum absolute atomic E-state index is 10.4. The van der Waals surface area contributed by atoms with Crippen LogP contribution in [0.1, 0.15) is 18.4 Å². The van der Waals surface area contributed by atoms with E-state index in [1.807, 2.05) is 24.4 Å². The minimum atomic E-state index is -0.744. The standard InChI is InChI=1S/C11H12N2O2/c14-11(15)6-3-4-9-8-12-13-7-2-1-5-10(9)13/h1-2,5,7-8H,3-4,6H2,(H,14,15). The molecule has 4 heteroatoms. The molecule has 2 aromatic rings. The Morgan fingerprint density at radius 1 is 1.47 bits per heavy atom. The van der Waals surface area contributed by atoms with Gasteiger partial charge in [0.25, 0.3) is 0 Å². The molecule has 1 N–H and O–H groups in total. The predicted octanol–water partition coefficient (Wildman–Crippen LogP) is 1.74. The number of carboxylic acids is 1. The van der Waals surface area contributed by atoms with Crippen molar-refractivity contribution in [2.75, 3.05) is 0 Å². The summed E-state index contributed by atoms with van der Waals surface area (Å²) in [6.07, 6.45) is 5.32. The van der Waals surface area contributed by atoms with Crippen LogP contribution in [-0.2, 0) is 11.2 Å². The average molecular weight is 204 g/mol. The van der Waals surface area contributed by atoms with Crippen molar-refractivity contribution in [1.29, 1.82) is 0 Å². The highest BCUT2D eigenvalue weighted by molar-refractivity contribution is 5.66. The first kappa shape index (κ1) is 9.71. The van der Waals surface area contributed by atoms with E-state index in [1.54, 1.807) is 10.7 Å². The van der Waals surface area contributed by atoms with Crippen molar-refractivity contribution in [2.24, 2.45) is 0 Å². The second-order valence-electron chi connectivity index (χ2n) is 3.45. The molecule has 78 valence electrons. The molecule has 0 fully saturated rings. The van der Waals surface area contributed by atoms with Crippen molar-refractivity contribution < 1.29 is 9.90 Å². The van der Waals surface area contributed by atoms with Crippen LogP contribution in [0.4, 0.5) is 0 Å². The number of rotatable bonds is 4. The molecule has 0 saturated heterocycles. The van der Waals surface area contributed by atoms with Crippen LogP contribution in [0.5, 0.6) is 0 Å². The fourth-order valence-electron chi connectivity index (χ4n) is 1.61. The van der Waals surface area contributed by atoms with Gasteiger partial charge in [-0.05, 0) is 30.5 Å². The van der Waals surface area contributed by atoms with Crippen LogP contribution in [-0.4, -0.2) is 20.7 Å². The molecule has 0 bridgehead atoms. The number of pyridine rings is 1. The van der Waals surface area contributed by atoms with Crippen LogP contribution in [0.25, 0.3) is 5.52 Å². The van der Waals surface area contributed by atoms with Gasteiger partial charge in [-0.3, -0.25) is 4.79 Å². The molecule has 0 saturated carbocycles. The molecule has 0 unspecified atom stereocenters. The Kier molecular flexibility index (Phi) is 2.67. The van der Waals surface area contributed by atoms with Crippen LogP contribution in [0.3, 0.4) is 0 Å². The number of hydrogen-bond donors (Lipinski definition) is 1. The van der Waals surface area contributed by atoms with Gasteiger partial charge in [-0.25, -0.2) is 4.52 Å². The van der Waals surface area contributed by atoms with Crippen molar-refractivity contribution in [2.45, 2.75) is 19.3 Å². The molecule has 0 atom stereocenters. The predicted molar refractivity (Wildman–Crippen MR) is 55.8 cm³/mol. The smallest absolute Gasteiger partial charge is 0.303 e. The van der Waals surface area contributed by atoms with Gasteiger partial charge in [0.05, 0.1) is 11.7 Å². The Morgan fingerprint density at radius 3 is 3.13 bits per heavy atom. The number of hydrogen-bond acceptors (Lipinski definition) is 2. The van der Waals surface area contributed by atoms with Gasteiger partial charge in [-0.15, -0.1) is 0 Å². The highest BCUT2D eigenvalue weighted by Gasteiger charge is 2.04. The lowest BCUT2D eigenvalue weighted by Crippen LogP contribution is -1.95. The zero-order valence-corrected chi connectivity index (χ0v) is 8.26. The first-order valence-electron chi connectivity index (χ1n) is 4.90. The summed E-state index contributed by atoms with van der Waals surface area (Å²) in [7, 11) is 0. The van der Waals surface area contributed by atoms with Crippen LogP contribution < -0.4 is 0 Å². The Balaban J connectivity index is 2.11. The summed E-state index contributed by atoms with van der Waals surface area (Å²) >= 11 is 0. The van der Waals surface area contributed by atoms with Gasteiger partial charge in [0.2, 0.25) is 0 Å². The van der Waals surface area contributed by atoms with E-state index in [1.165, 1.54) is 0 Å². The van der Waals surface area contributed by atoms with Crippen LogP contribution >= 0.6 is 0 Å². The molecule has 0 amide bonds. The third-order valence-corrected chi connectivity index (χ3v) is 2.34. The molecular formula is C11H12N2O2. The second kappa shape index (κ2) is 4.13. The maximum atomic E-state index is 10.4. The Labute approximate surface area is 87.2 Å². The summed E-state index contributed by atoms with van der Waals surface area (Å²) in [5.74, 6) is -0.744. The van der Waals surface area contributed by atoms with Gasteiger partial charge in [-0.1, -0.05) is 6.07 Å².